The maximum absolute atomic E-state index is 9.09. The molecule has 0 amide bonds. The van der Waals surface area contributed by atoms with Crippen molar-refractivity contribution in [2.75, 3.05) is 31.1 Å². The zero-order valence-corrected chi connectivity index (χ0v) is 17.0. The molecule has 1 N–H and O–H groups in total. The van der Waals surface area contributed by atoms with E-state index in [9.17, 15) is 0 Å². The molecule has 148 valence electrons. The SMILES string of the molecule is CCCC#Cc1cnc(N2CCC3(CCNC3)CC2)nc1-c1ccc(C#N)cc1. The molecule has 29 heavy (non-hydrogen) atoms. The zero-order valence-electron chi connectivity index (χ0n) is 17.0. The molecule has 0 radical (unpaired) electrons. The summed E-state index contributed by atoms with van der Waals surface area (Å²) in [5, 5.41) is 12.6. The second kappa shape index (κ2) is 8.64. The number of nitrogens with zero attached hydrogens (tertiary/aromatic N) is 4. The Morgan fingerprint density at radius 3 is 2.62 bits per heavy atom. The zero-order chi connectivity index (χ0) is 20.1. The van der Waals surface area contributed by atoms with E-state index in [-0.39, 0.29) is 0 Å². The van der Waals surface area contributed by atoms with Gasteiger partial charge < -0.3 is 10.2 Å². The van der Waals surface area contributed by atoms with Crippen LogP contribution in [0.1, 0.15) is 50.2 Å². The van der Waals surface area contributed by atoms with Gasteiger partial charge in [0.05, 0.1) is 22.9 Å². The van der Waals surface area contributed by atoms with Gasteiger partial charge in [0.15, 0.2) is 0 Å². The van der Waals surface area contributed by atoms with Crippen LogP contribution >= 0.6 is 0 Å². The monoisotopic (exact) mass is 385 g/mol. The van der Waals surface area contributed by atoms with Crippen molar-refractivity contribution in [2.24, 2.45) is 5.41 Å². The van der Waals surface area contributed by atoms with E-state index >= 15 is 0 Å². The third kappa shape index (κ3) is 4.26. The van der Waals surface area contributed by atoms with Gasteiger partial charge in [0, 0.05) is 37.8 Å². The lowest BCUT2D eigenvalue weighted by molar-refractivity contribution is 0.246. The summed E-state index contributed by atoms with van der Waals surface area (Å²) in [4.78, 5) is 11.9. The lowest BCUT2D eigenvalue weighted by atomic mass is 9.78. The lowest BCUT2D eigenvalue weighted by Gasteiger charge is -2.38. The van der Waals surface area contributed by atoms with Crippen LogP contribution in [0, 0.1) is 28.6 Å². The summed E-state index contributed by atoms with van der Waals surface area (Å²) >= 11 is 0. The summed E-state index contributed by atoms with van der Waals surface area (Å²) in [5.41, 5.74) is 3.79. The number of benzene rings is 1. The molecule has 0 bridgehead atoms. The van der Waals surface area contributed by atoms with Crippen molar-refractivity contribution in [3.63, 3.8) is 0 Å². The molecule has 1 aromatic carbocycles. The largest absolute Gasteiger partial charge is 0.341 e. The Kier molecular flexibility index (Phi) is 5.79. The normalized spacial score (nSPS) is 17.6. The van der Waals surface area contributed by atoms with E-state index in [2.05, 4.69) is 40.0 Å². The fourth-order valence-corrected chi connectivity index (χ4v) is 4.23. The van der Waals surface area contributed by atoms with Gasteiger partial charge in [-0.15, -0.1) is 0 Å². The van der Waals surface area contributed by atoms with Gasteiger partial charge in [-0.1, -0.05) is 30.9 Å². The van der Waals surface area contributed by atoms with E-state index in [1.54, 1.807) is 0 Å². The molecule has 4 rings (SSSR count). The molecule has 0 saturated carbocycles. The van der Waals surface area contributed by atoms with Crippen molar-refractivity contribution in [1.29, 1.82) is 5.26 Å². The maximum Gasteiger partial charge on any atom is 0.225 e. The molecule has 0 unspecified atom stereocenters. The molecule has 2 aliphatic heterocycles. The number of piperidine rings is 1. The fraction of sp³-hybridized carbons (Fsp3) is 0.458. The van der Waals surface area contributed by atoms with Crippen LogP contribution in [0.2, 0.25) is 0 Å². The van der Waals surface area contributed by atoms with Crippen molar-refractivity contribution in [2.45, 2.75) is 39.0 Å². The number of anilines is 1. The van der Waals surface area contributed by atoms with Gasteiger partial charge in [0.2, 0.25) is 5.95 Å². The Balaban J connectivity index is 1.62. The first kappa shape index (κ1) is 19.4. The molecule has 0 atom stereocenters. The molecule has 3 heterocycles. The Morgan fingerprint density at radius 1 is 1.17 bits per heavy atom. The minimum Gasteiger partial charge on any atom is -0.341 e. The highest BCUT2D eigenvalue weighted by Crippen LogP contribution is 2.38. The number of aromatic nitrogens is 2. The Hall–Kier alpha value is -2.89. The Bertz CT molecular complexity index is 945. The van der Waals surface area contributed by atoms with Crippen molar-refractivity contribution >= 4 is 5.95 Å². The van der Waals surface area contributed by atoms with Crippen LogP contribution in [0.15, 0.2) is 30.5 Å². The van der Waals surface area contributed by atoms with Gasteiger partial charge in [0.25, 0.3) is 0 Å². The first-order valence-corrected chi connectivity index (χ1v) is 10.6. The van der Waals surface area contributed by atoms with Crippen LogP contribution in [0.5, 0.6) is 0 Å². The third-order valence-electron chi connectivity index (χ3n) is 6.10. The summed E-state index contributed by atoms with van der Waals surface area (Å²) < 4.78 is 0. The number of rotatable bonds is 3. The molecule has 5 heteroatoms. The standard InChI is InChI=1S/C24H27N5/c1-2-3-4-5-21-17-27-23(28-22(21)20-8-6-19(16-25)7-9-20)29-14-11-24(12-15-29)10-13-26-18-24/h6-9,17,26H,2-3,10-15,18H2,1H3. The second-order valence-corrected chi connectivity index (χ2v) is 8.09. The molecule has 1 spiro atoms. The molecule has 1 aromatic heterocycles. The fourth-order valence-electron chi connectivity index (χ4n) is 4.23. The molecular formula is C24H27N5. The molecule has 2 aliphatic rings. The van der Waals surface area contributed by atoms with E-state index in [0.717, 1.165) is 61.8 Å². The smallest absolute Gasteiger partial charge is 0.225 e. The Morgan fingerprint density at radius 2 is 1.97 bits per heavy atom. The lowest BCUT2D eigenvalue weighted by Crippen LogP contribution is -2.42. The highest BCUT2D eigenvalue weighted by molar-refractivity contribution is 5.68. The highest BCUT2D eigenvalue weighted by Gasteiger charge is 2.37. The summed E-state index contributed by atoms with van der Waals surface area (Å²) in [6.45, 7) is 6.40. The van der Waals surface area contributed by atoms with E-state index in [4.69, 9.17) is 10.2 Å². The number of hydrogen-bond acceptors (Lipinski definition) is 5. The van der Waals surface area contributed by atoms with Crippen molar-refractivity contribution in [3.8, 4) is 29.2 Å². The van der Waals surface area contributed by atoms with Gasteiger partial charge in [0.1, 0.15) is 0 Å². The van der Waals surface area contributed by atoms with Crippen molar-refractivity contribution < 1.29 is 0 Å². The number of hydrogen-bond donors (Lipinski definition) is 1. The predicted octanol–water partition coefficient (Wildman–Crippen LogP) is 3.75. The summed E-state index contributed by atoms with van der Waals surface area (Å²) in [5.74, 6) is 7.24. The van der Waals surface area contributed by atoms with Gasteiger partial charge in [-0.3, -0.25) is 0 Å². The van der Waals surface area contributed by atoms with Gasteiger partial charge in [-0.05, 0) is 49.8 Å². The number of unbranched alkanes of at least 4 members (excludes halogenated alkanes) is 1. The van der Waals surface area contributed by atoms with Crippen LogP contribution in [0.25, 0.3) is 11.3 Å². The number of nitriles is 1. The van der Waals surface area contributed by atoms with Crippen molar-refractivity contribution in [1.82, 2.24) is 15.3 Å². The van der Waals surface area contributed by atoms with E-state index in [1.165, 1.54) is 19.3 Å². The summed E-state index contributed by atoms with van der Waals surface area (Å²) in [6.07, 6.45) is 7.41. The summed E-state index contributed by atoms with van der Waals surface area (Å²) in [7, 11) is 0. The minimum absolute atomic E-state index is 0.470. The third-order valence-corrected chi connectivity index (χ3v) is 6.10. The van der Waals surface area contributed by atoms with E-state index in [1.807, 2.05) is 30.5 Å². The molecular weight excluding hydrogens is 358 g/mol. The van der Waals surface area contributed by atoms with Crippen LogP contribution < -0.4 is 10.2 Å². The predicted molar refractivity (Wildman–Crippen MR) is 115 cm³/mol. The Labute approximate surface area is 173 Å². The molecule has 2 fully saturated rings. The molecule has 0 aliphatic carbocycles. The topological polar surface area (TPSA) is 64.8 Å². The summed E-state index contributed by atoms with van der Waals surface area (Å²) in [6, 6.07) is 9.74. The van der Waals surface area contributed by atoms with Crippen LogP contribution in [0.3, 0.4) is 0 Å². The van der Waals surface area contributed by atoms with Gasteiger partial charge in [-0.25, -0.2) is 9.97 Å². The van der Waals surface area contributed by atoms with E-state index in [0.29, 0.717) is 11.0 Å². The highest BCUT2D eigenvalue weighted by atomic mass is 15.3. The van der Waals surface area contributed by atoms with Crippen LogP contribution in [-0.2, 0) is 0 Å². The van der Waals surface area contributed by atoms with Crippen LogP contribution in [-0.4, -0.2) is 36.1 Å². The number of nitrogens with one attached hydrogen (secondary N) is 1. The van der Waals surface area contributed by atoms with Gasteiger partial charge in [-0.2, -0.15) is 5.26 Å². The quantitative estimate of drug-likeness (QED) is 0.815. The first-order chi connectivity index (χ1) is 14.2. The molecule has 5 nitrogen and oxygen atoms in total. The van der Waals surface area contributed by atoms with Crippen molar-refractivity contribution in [3.05, 3.63) is 41.6 Å². The minimum atomic E-state index is 0.470. The maximum atomic E-state index is 9.09. The first-order valence-electron chi connectivity index (χ1n) is 10.6. The van der Waals surface area contributed by atoms with E-state index < -0.39 is 0 Å². The average molecular weight is 386 g/mol. The average Bonchev–Trinajstić information content (AvgIpc) is 3.23. The van der Waals surface area contributed by atoms with Gasteiger partial charge >= 0.3 is 0 Å². The second-order valence-electron chi connectivity index (χ2n) is 8.09. The molecule has 2 aromatic rings. The van der Waals surface area contributed by atoms with Crippen LogP contribution in [0.4, 0.5) is 5.95 Å². The molecule has 2 saturated heterocycles.